The van der Waals surface area contributed by atoms with Crippen LogP contribution >= 0.6 is 31.9 Å². The lowest BCUT2D eigenvalue weighted by Crippen LogP contribution is -2.04. The zero-order valence-corrected chi connectivity index (χ0v) is 10.9. The molecule has 0 saturated heterocycles. The van der Waals surface area contributed by atoms with Crippen molar-refractivity contribution in [2.45, 2.75) is 11.8 Å². The molecule has 0 aliphatic heterocycles. The smallest absolute Gasteiger partial charge is 0.275 e. The summed E-state index contributed by atoms with van der Waals surface area (Å²) < 4.78 is 0.612. The molecule has 0 radical (unpaired) electrons. The third-order valence-corrected chi connectivity index (χ3v) is 3.45. The van der Waals surface area contributed by atoms with Crippen LogP contribution in [0.4, 0.5) is 5.69 Å². The van der Waals surface area contributed by atoms with E-state index in [9.17, 15) is 14.9 Å². The van der Waals surface area contributed by atoms with Gasteiger partial charge in [-0.2, -0.15) is 0 Å². The number of nitro benzene ring substituents is 1. The van der Waals surface area contributed by atoms with E-state index in [0.29, 0.717) is 10.0 Å². The van der Waals surface area contributed by atoms with Crippen molar-refractivity contribution in [2.75, 3.05) is 0 Å². The lowest BCUT2D eigenvalue weighted by Gasteiger charge is -2.07. The summed E-state index contributed by atoms with van der Waals surface area (Å²) in [5.41, 5.74) is 0.303. The Morgan fingerprint density at radius 1 is 1.53 bits per heavy atom. The van der Waals surface area contributed by atoms with Gasteiger partial charge in [-0.25, -0.2) is 0 Å². The molecule has 1 rings (SSSR count). The van der Waals surface area contributed by atoms with Gasteiger partial charge in [0.25, 0.3) is 5.69 Å². The fourth-order valence-corrected chi connectivity index (χ4v) is 1.84. The Balaban J connectivity index is 3.28. The van der Waals surface area contributed by atoms with Crippen molar-refractivity contribution in [3.8, 4) is 0 Å². The number of nitro groups is 1. The van der Waals surface area contributed by atoms with Gasteiger partial charge in [0.05, 0.1) is 10.5 Å². The Hall–Kier alpha value is -0.750. The second kappa shape index (κ2) is 4.85. The summed E-state index contributed by atoms with van der Waals surface area (Å²) in [6.45, 7) is 1.38. The highest BCUT2D eigenvalue weighted by molar-refractivity contribution is 9.10. The van der Waals surface area contributed by atoms with Gasteiger partial charge in [-0.05, 0) is 19.1 Å². The second-order valence-electron chi connectivity index (χ2n) is 2.93. The highest BCUT2D eigenvalue weighted by Gasteiger charge is 2.23. The van der Waals surface area contributed by atoms with E-state index in [1.54, 1.807) is 12.1 Å². The van der Waals surface area contributed by atoms with Crippen molar-refractivity contribution in [3.05, 3.63) is 38.3 Å². The zero-order chi connectivity index (χ0) is 11.6. The monoisotopic (exact) mass is 335 g/mol. The third-order valence-electron chi connectivity index (χ3n) is 1.82. The predicted molar refractivity (Wildman–Crippen MR) is 63.1 cm³/mol. The minimum absolute atomic E-state index is 0.0681. The largest absolute Gasteiger partial charge is 0.298 e. The number of benzene rings is 1. The van der Waals surface area contributed by atoms with Crippen LogP contribution < -0.4 is 0 Å². The fourth-order valence-electron chi connectivity index (χ4n) is 1.11. The van der Waals surface area contributed by atoms with Gasteiger partial charge in [0.2, 0.25) is 0 Å². The lowest BCUT2D eigenvalue weighted by atomic mass is 10.1. The molecule has 80 valence electrons. The minimum atomic E-state index is -0.633. The van der Waals surface area contributed by atoms with Crippen molar-refractivity contribution in [3.63, 3.8) is 0 Å². The number of Topliss-reactive ketones (excluding diaryl/α,β-unsaturated/α-hetero) is 1. The van der Waals surface area contributed by atoms with Gasteiger partial charge < -0.3 is 0 Å². The second-order valence-corrected chi connectivity index (χ2v) is 4.76. The first-order chi connectivity index (χ1) is 6.93. The Morgan fingerprint density at radius 3 is 2.60 bits per heavy atom. The van der Waals surface area contributed by atoms with Crippen molar-refractivity contribution >= 4 is 43.3 Å². The number of rotatable bonds is 3. The van der Waals surface area contributed by atoms with Crippen LogP contribution in [0.3, 0.4) is 0 Å². The normalized spacial score (nSPS) is 12.2. The molecule has 4 nitrogen and oxygen atoms in total. The van der Waals surface area contributed by atoms with E-state index in [0.717, 1.165) is 0 Å². The number of hydrogen-bond acceptors (Lipinski definition) is 3. The van der Waals surface area contributed by atoms with Crippen molar-refractivity contribution in [1.29, 1.82) is 0 Å². The third kappa shape index (κ3) is 2.85. The fraction of sp³-hybridized carbons (Fsp3) is 0.222. The van der Waals surface area contributed by atoms with Crippen molar-refractivity contribution in [1.82, 2.24) is 0 Å². The maximum absolute atomic E-state index is 11.1. The number of alkyl halides is 1. The van der Waals surface area contributed by atoms with E-state index in [1.807, 2.05) is 0 Å². The molecule has 0 amide bonds. The molecule has 0 aliphatic carbocycles. The van der Waals surface area contributed by atoms with Gasteiger partial charge in [0.1, 0.15) is 10.6 Å². The number of hydrogen-bond donors (Lipinski definition) is 0. The number of ketones is 1. The van der Waals surface area contributed by atoms with Gasteiger partial charge in [-0.3, -0.25) is 14.9 Å². The maximum Gasteiger partial charge on any atom is 0.275 e. The summed E-state index contributed by atoms with van der Waals surface area (Å²) in [7, 11) is 0. The number of carbonyl (C=O) groups is 1. The van der Waals surface area contributed by atoms with E-state index in [-0.39, 0.29) is 11.5 Å². The van der Waals surface area contributed by atoms with Gasteiger partial charge in [-0.15, -0.1) is 0 Å². The summed E-state index contributed by atoms with van der Waals surface area (Å²) in [6, 6.07) is 4.61. The van der Waals surface area contributed by atoms with Crippen LogP contribution in [-0.2, 0) is 4.79 Å². The Kier molecular flexibility index (Phi) is 3.98. The standard InChI is InChI=1S/C9H7Br2NO3/c1-5(13)9(11)7-3-2-6(10)4-8(7)12(14)15/h2-4,9H,1H3. The van der Waals surface area contributed by atoms with Gasteiger partial charge in [0.15, 0.2) is 0 Å². The Bertz CT molecular complexity index is 420. The molecule has 0 fully saturated rings. The molecule has 1 unspecified atom stereocenters. The zero-order valence-electron chi connectivity index (χ0n) is 7.74. The molecule has 6 heteroatoms. The van der Waals surface area contributed by atoms with Crippen LogP contribution in [0.5, 0.6) is 0 Å². The highest BCUT2D eigenvalue weighted by atomic mass is 79.9. The molecule has 0 aliphatic rings. The average molecular weight is 337 g/mol. The summed E-state index contributed by atoms with van der Waals surface area (Å²) in [6.07, 6.45) is 0. The molecule has 0 heterocycles. The molecular weight excluding hydrogens is 330 g/mol. The Morgan fingerprint density at radius 2 is 2.13 bits per heavy atom. The van der Waals surface area contributed by atoms with Crippen LogP contribution in [0.2, 0.25) is 0 Å². The lowest BCUT2D eigenvalue weighted by molar-refractivity contribution is -0.385. The number of halogens is 2. The van der Waals surface area contributed by atoms with Crippen LogP contribution in [0.25, 0.3) is 0 Å². The summed E-state index contributed by atoms with van der Waals surface area (Å²) >= 11 is 6.27. The van der Waals surface area contributed by atoms with Gasteiger partial charge in [-0.1, -0.05) is 31.9 Å². The summed E-state index contributed by atoms with van der Waals surface area (Å²) in [5, 5.41) is 10.8. The number of carbonyl (C=O) groups excluding carboxylic acids is 1. The van der Waals surface area contributed by atoms with Crippen LogP contribution in [-0.4, -0.2) is 10.7 Å². The van der Waals surface area contributed by atoms with Gasteiger partial charge >= 0.3 is 0 Å². The molecule has 0 N–H and O–H groups in total. The van der Waals surface area contributed by atoms with E-state index >= 15 is 0 Å². The molecule has 0 spiro atoms. The quantitative estimate of drug-likeness (QED) is 0.483. The topological polar surface area (TPSA) is 60.2 Å². The number of nitrogens with zero attached hydrogens (tertiary/aromatic N) is 1. The minimum Gasteiger partial charge on any atom is -0.298 e. The van der Waals surface area contributed by atoms with Gasteiger partial charge in [0, 0.05) is 10.5 Å². The molecule has 0 aromatic heterocycles. The first kappa shape index (κ1) is 12.3. The molecule has 15 heavy (non-hydrogen) atoms. The van der Waals surface area contributed by atoms with E-state index in [4.69, 9.17) is 0 Å². The molecule has 1 aromatic rings. The highest BCUT2D eigenvalue weighted by Crippen LogP contribution is 2.33. The average Bonchev–Trinajstić information content (AvgIpc) is 2.16. The van der Waals surface area contributed by atoms with Crippen molar-refractivity contribution in [2.24, 2.45) is 0 Å². The predicted octanol–water partition coefficient (Wildman–Crippen LogP) is 3.38. The molecule has 0 bridgehead atoms. The van der Waals surface area contributed by atoms with E-state index < -0.39 is 9.75 Å². The first-order valence-electron chi connectivity index (χ1n) is 4.02. The maximum atomic E-state index is 11.1. The SMILES string of the molecule is CC(=O)C(Br)c1ccc(Br)cc1[N+](=O)[O-]. The Labute approximate surface area is 103 Å². The molecular formula is C9H7Br2NO3. The van der Waals surface area contributed by atoms with E-state index in [1.165, 1.54) is 13.0 Å². The van der Waals surface area contributed by atoms with Crippen molar-refractivity contribution < 1.29 is 9.72 Å². The van der Waals surface area contributed by atoms with Crippen LogP contribution in [0, 0.1) is 10.1 Å². The van der Waals surface area contributed by atoms with Crippen LogP contribution in [0.15, 0.2) is 22.7 Å². The molecule has 1 atom stereocenters. The van der Waals surface area contributed by atoms with E-state index in [2.05, 4.69) is 31.9 Å². The summed E-state index contributed by atoms with van der Waals surface area (Å²) in [5.74, 6) is -0.166. The van der Waals surface area contributed by atoms with Crippen LogP contribution in [0.1, 0.15) is 17.3 Å². The summed E-state index contributed by atoms with van der Waals surface area (Å²) in [4.78, 5) is 20.7. The first-order valence-corrected chi connectivity index (χ1v) is 5.72. The molecule has 0 saturated carbocycles. The molecule has 1 aromatic carbocycles.